The maximum Gasteiger partial charge on any atom is 0.409 e. The van der Waals surface area contributed by atoms with E-state index in [2.05, 4.69) is 10.5 Å². The van der Waals surface area contributed by atoms with Gasteiger partial charge in [-0.15, -0.1) is 0 Å². The van der Waals surface area contributed by atoms with Crippen molar-refractivity contribution in [3.63, 3.8) is 0 Å². The van der Waals surface area contributed by atoms with E-state index in [9.17, 15) is 18.4 Å². The van der Waals surface area contributed by atoms with E-state index in [0.29, 0.717) is 31.6 Å². The van der Waals surface area contributed by atoms with Crippen LogP contribution in [0.15, 0.2) is 47.6 Å². The zero-order valence-corrected chi connectivity index (χ0v) is 17.2. The molecular formula is C22H23F2N3O4. The molecular weight excluding hydrogens is 408 g/mol. The van der Waals surface area contributed by atoms with Gasteiger partial charge in [0.2, 0.25) is 0 Å². The highest BCUT2D eigenvalue weighted by Crippen LogP contribution is 2.24. The lowest BCUT2D eigenvalue weighted by molar-refractivity contribution is 0.101. The summed E-state index contributed by atoms with van der Waals surface area (Å²) in [5.41, 5.74) is 1.26. The van der Waals surface area contributed by atoms with Gasteiger partial charge in [-0.05, 0) is 42.7 Å². The summed E-state index contributed by atoms with van der Waals surface area (Å²) in [6, 6.07) is 10.00. The Labute approximate surface area is 178 Å². The molecule has 0 saturated carbocycles. The van der Waals surface area contributed by atoms with Crippen LogP contribution in [-0.4, -0.2) is 49.9 Å². The smallest absolute Gasteiger partial charge is 0.409 e. The lowest BCUT2D eigenvalue weighted by Gasteiger charge is -2.31. The molecule has 0 unspecified atom stereocenters. The Balaban J connectivity index is 1.71. The van der Waals surface area contributed by atoms with Gasteiger partial charge < -0.3 is 19.8 Å². The first-order valence-electron chi connectivity index (χ1n) is 9.74. The first kappa shape index (κ1) is 22.2. The Morgan fingerprint density at radius 3 is 2.19 bits per heavy atom. The van der Waals surface area contributed by atoms with Crippen LogP contribution in [0.2, 0.25) is 0 Å². The molecule has 1 saturated heterocycles. The molecule has 1 aliphatic heterocycles. The number of carbonyl (C=O) groups is 2. The van der Waals surface area contributed by atoms with Crippen molar-refractivity contribution in [2.24, 2.45) is 11.1 Å². The molecule has 0 atom stereocenters. The fraction of sp³-hybridized carbons (Fsp3) is 0.318. The maximum absolute atomic E-state index is 13.8. The molecule has 0 radical (unpaired) electrons. The fourth-order valence-electron chi connectivity index (χ4n) is 3.56. The van der Waals surface area contributed by atoms with Crippen molar-refractivity contribution < 1.29 is 27.9 Å². The largest absolute Gasteiger partial charge is 0.453 e. The Morgan fingerprint density at radius 2 is 1.65 bits per heavy atom. The molecule has 3 rings (SSSR count). The minimum Gasteiger partial charge on any atom is -0.453 e. The van der Waals surface area contributed by atoms with Gasteiger partial charge >= 0.3 is 6.09 Å². The Bertz CT molecular complexity index is 951. The lowest BCUT2D eigenvalue weighted by atomic mass is 9.88. The van der Waals surface area contributed by atoms with Gasteiger partial charge in [-0.2, -0.15) is 0 Å². The van der Waals surface area contributed by atoms with Crippen molar-refractivity contribution in [2.75, 3.05) is 32.6 Å². The Morgan fingerprint density at radius 1 is 1.03 bits per heavy atom. The number of methoxy groups -OCH3 is 1. The zero-order chi connectivity index (χ0) is 22.4. The van der Waals surface area contributed by atoms with Crippen molar-refractivity contribution in [1.29, 1.82) is 0 Å². The van der Waals surface area contributed by atoms with Gasteiger partial charge in [-0.1, -0.05) is 23.4 Å². The van der Waals surface area contributed by atoms with E-state index in [1.165, 1.54) is 20.3 Å². The number of rotatable bonds is 5. The second kappa shape index (κ2) is 10.0. The summed E-state index contributed by atoms with van der Waals surface area (Å²) in [7, 11) is 2.81. The fourth-order valence-corrected chi connectivity index (χ4v) is 3.56. The van der Waals surface area contributed by atoms with Crippen LogP contribution in [0.1, 0.15) is 28.8 Å². The molecule has 0 aromatic heterocycles. The second-order valence-electron chi connectivity index (χ2n) is 7.02. The molecule has 0 bridgehead atoms. The molecule has 1 aliphatic rings. The number of anilines is 1. The first-order chi connectivity index (χ1) is 14.9. The second-order valence-corrected chi connectivity index (χ2v) is 7.02. The van der Waals surface area contributed by atoms with Crippen molar-refractivity contribution in [3.05, 3.63) is 65.2 Å². The molecule has 2 aromatic rings. The molecule has 2 aromatic carbocycles. The van der Waals surface area contributed by atoms with E-state index in [0.717, 1.165) is 23.4 Å². The van der Waals surface area contributed by atoms with Crippen molar-refractivity contribution in [3.8, 4) is 0 Å². The van der Waals surface area contributed by atoms with Crippen molar-refractivity contribution >= 4 is 23.4 Å². The number of amides is 2. The molecule has 1 N–H and O–H groups in total. The van der Waals surface area contributed by atoms with Crippen molar-refractivity contribution in [1.82, 2.24) is 4.90 Å². The van der Waals surface area contributed by atoms with Gasteiger partial charge in [0.05, 0.1) is 12.8 Å². The van der Waals surface area contributed by atoms with E-state index in [4.69, 9.17) is 9.57 Å². The number of hydrogen-bond acceptors (Lipinski definition) is 5. The number of carbonyl (C=O) groups excluding carboxylic acids is 2. The van der Waals surface area contributed by atoms with Gasteiger partial charge in [-0.3, -0.25) is 4.79 Å². The van der Waals surface area contributed by atoms with Crippen LogP contribution < -0.4 is 5.32 Å². The SMILES string of the molecule is CON=C(c1ccc(NC(=O)c2c(F)cccc2F)cc1)C1CCN(C(=O)OC)CC1. The number of oxime groups is 1. The Kier molecular flexibility index (Phi) is 7.17. The van der Waals surface area contributed by atoms with E-state index < -0.39 is 23.1 Å². The highest BCUT2D eigenvalue weighted by Gasteiger charge is 2.27. The van der Waals surface area contributed by atoms with Crippen molar-refractivity contribution in [2.45, 2.75) is 12.8 Å². The molecule has 1 fully saturated rings. The van der Waals surface area contributed by atoms with Gasteiger partial charge in [0.15, 0.2) is 0 Å². The number of likely N-dealkylation sites (tertiary alicyclic amines) is 1. The monoisotopic (exact) mass is 431 g/mol. The topological polar surface area (TPSA) is 80.2 Å². The minimum atomic E-state index is -0.929. The molecule has 1 heterocycles. The van der Waals surface area contributed by atoms with Gasteiger partial charge in [-0.25, -0.2) is 13.6 Å². The first-order valence-corrected chi connectivity index (χ1v) is 9.74. The zero-order valence-electron chi connectivity index (χ0n) is 17.2. The van der Waals surface area contributed by atoms with Gasteiger partial charge in [0, 0.05) is 24.7 Å². The lowest BCUT2D eigenvalue weighted by Crippen LogP contribution is -2.40. The molecule has 31 heavy (non-hydrogen) atoms. The molecule has 2 amide bonds. The quantitative estimate of drug-likeness (QED) is 0.572. The van der Waals surface area contributed by atoms with E-state index >= 15 is 0 Å². The average Bonchev–Trinajstić information content (AvgIpc) is 2.77. The normalized spacial score (nSPS) is 14.8. The van der Waals surface area contributed by atoms with Crippen LogP contribution in [0.4, 0.5) is 19.3 Å². The van der Waals surface area contributed by atoms with Crippen LogP contribution in [0.5, 0.6) is 0 Å². The number of nitrogens with one attached hydrogen (secondary N) is 1. The number of ether oxygens (including phenoxy) is 1. The average molecular weight is 431 g/mol. The van der Waals surface area contributed by atoms with Crippen LogP contribution in [0.3, 0.4) is 0 Å². The molecule has 0 aliphatic carbocycles. The summed E-state index contributed by atoms with van der Waals surface area (Å²) >= 11 is 0. The standard InChI is InChI=1S/C22H23F2N3O4/c1-30-22(29)27-12-10-15(11-13-27)20(26-31-2)14-6-8-16(9-7-14)25-21(28)19-17(23)4-3-5-18(19)24/h3-9,15H,10-13H2,1-2H3,(H,25,28). The third-order valence-corrected chi connectivity index (χ3v) is 5.13. The number of halogens is 2. The third-order valence-electron chi connectivity index (χ3n) is 5.13. The predicted molar refractivity (Wildman–Crippen MR) is 111 cm³/mol. The summed E-state index contributed by atoms with van der Waals surface area (Å²) in [5.74, 6) is -2.65. The van der Waals surface area contributed by atoms with E-state index in [1.807, 2.05) is 0 Å². The highest BCUT2D eigenvalue weighted by molar-refractivity contribution is 6.05. The summed E-state index contributed by atoms with van der Waals surface area (Å²) < 4.78 is 32.4. The number of piperidine rings is 1. The summed E-state index contributed by atoms with van der Waals surface area (Å²) in [4.78, 5) is 30.6. The summed E-state index contributed by atoms with van der Waals surface area (Å²) in [5, 5.41) is 6.66. The van der Waals surface area contributed by atoms with E-state index in [1.54, 1.807) is 29.2 Å². The molecule has 7 nitrogen and oxygen atoms in total. The van der Waals surface area contributed by atoms with Crippen LogP contribution in [-0.2, 0) is 9.57 Å². The predicted octanol–water partition coefficient (Wildman–Crippen LogP) is 4.05. The molecule has 9 heteroatoms. The van der Waals surface area contributed by atoms with Crippen LogP contribution >= 0.6 is 0 Å². The van der Waals surface area contributed by atoms with Gasteiger partial charge in [0.1, 0.15) is 24.3 Å². The molecule has 164 valence electrons. The van der Waals surface area contributed by atoms with Gasteiger partial charge in [0.25, 0.3) is 5.91 Å². The highest BCUT2D eigenvalue weighted by atomic mass is 19.1. The summed E-state index contributed by atoms with van der Waals surface area (Å²) in [6.45, 7) is 1.09. The maximum atomic E-state index is 13.8. The number of nitrogens with zero attached hydrogens (tertiary/aromatic N) is 2. The third kappa shape index (κ3) is 5.17. The van der Waals surface area contributed by atoms with E-state index in [-0.39, 0.29) is 12.0 Å². The van der Waals surface area contributed by atoms with Crippen LogP contribution in [0.25, 0.3) is 0 Å². The number of hydrogen-bond donors (Lipinski definition) is 1. The Hall–Kier alpha value is -3.49. The van der Waals surface area contributed by atoms with Crippen LogP contribution in [0, 0.1) is 17.6 Å². The molecule has 0 spiro atoms. The summed E-state index contributed by atoms with van der Waals surface area (Å²) in [6.07, 6.45) is 1.04. The number of benzene rings is 2. The minimum absolute atomic E-state index is 0.0776.